The lowest BCUT2D eigenvalue weighted by Crippen LogP contribution is -2.52. The van der Waals surface area contributed by atoms with Crippen LogP contribution in [0.15, 0.2) is 30.3 Å². The van der Waals surface area contributed by atoms with E-state index < -0.39 is 11.4 Å². The van der Waals surface area contributed by atoms with Gasteiger partial charge < -0.3 is 10.4 Å². The molecule has 21 heavy (non-hydrogen) atoms. The predicted octanol–water partition coefficient (Wildman–Crippen LogP) is 2.94. The van der Waals surface area contributed by atoms with Crippen molar-refractivity contribution in [3.05, 3.63) is 35.9 Å². The molecule has 1 saturated carbocycles. The molecule has 1 fully saturated rings. The summed E-state index contributed by atoms with van der Waals surface area (Å²) < 4.78 is 0. The van der Waals surface area contributed by atoms with E-state index >= 15 is 0 Å². The second kappa shape index (κ2) is 6.29. The highest BCUT2D eigenvalue weighted by molar-refractivity contribution is 5.84. The molecule has 0 radical (unpaired) electrons. The third kappa shape index (κ3) is 3.26. The van der Waals surface area contributed by atoms with Crippen molar-refractivity contribution in [1.29, 1.82) is 0 Å². The number of rotatable bonds is 4. The number of carboxylic acids is 1. The zero-order valence-electron chi connectivity index (χ0n) is 12.6. The third-order valence-corrected chi connectivity index (χ3v) is 4.71. The fraction of sp³-hybridized carbons (Fsp3) is 0.529. The van der Waals surface area contributed by atoms with Crippen LogP contribution in [-0.4, -0.2) is 23.0 Å². The number of benzene rings is 1. The van der Waals surface area contributed by atoms with Crippen molar-refractivity contribution >= 4 is 11.9 Å². The van der Waals surface area contributed by atoms with Gasteiger partial charge in [-0.15, -0.1) is 0 Å². The van der Waals surface area contributed by atoms with Crippen LogP contribution in [0, 0.1) is 5.41 Å². The van der Waals surface area contributed by atoms with Gasteiger partial charge in [-0.25, -0.2) is 0 Å². The number of carbonyl (C=O) groups excluding carboxylic acids is 1. The van der Waals surface area contributed by atoms with E-state index in [9.17, 15) is 14.7 Å². The number of carbonyl (C=O) groups is 2. The molecule has 4 heteroatoms. The molecule has 2 N–H and O–H groups in total. The van der Waals surface area contributed by atoms with Gasteiger partial charge in [0, 0.05) is 6.04 Å². The zero-order valence-corrected chi connectivity index (χ0v) is 12.6. The lowest BCUT2D eigenvalue weighted by atomic mass is 9.71. The highest BCUT2D eigenvalue weighted by Crippen LogP contribution is 2.36. The minimum atomic E-state index is -0.857. The second-order valence-corrected chi connectivity index (χ2v) is 6.16. The maximum atomic E-state index is 12.4. The lowest BCUT2D eigenvalue weighted by molar-refractivity contribution is -0.152. The average Bonchev–Trinajstić information content (AvgIpc) is 2.49. The normalized spacial score (nSPS) is 26.9. The second-order valence-electron chi connectivity index (χ2n) is 6.16. The molecular weight excluding hydrogens is 266 g/mol. The molecule has 1 amide bonds. The van der Waals surface area contributed by atoms with Crippen LogP contribution in [0.3, 0.4) is 0 Å². The van der Waals surface area contributed by atoms with Gasteiger partial charge in [0.05, 0.1) is 11.3 Å². The predicted molar refractivity (Wildman–Crippen MR) is 81.0 cm³/mol. The van der Waals surface area contributed by atoms with E-state index in [-0.39, 0.29) is 17.9 Å². The Bertz CT molecular complexity index is 514. The number of nitrogens with one attached hydrogen (secondary N) is 1. The number of aliphatic carboxylic acids is 1. The Labute approximate surface area is 125 Å². The Balaban J connectivity index is 2.09. The molecule has 2 rings (SSSR count). The molecule has 0 heterocycles. The van der Waals surface area contributed by atoms with Crippen LogP contribution >= 0.6 is 0 Å². The summed E-state index contributed by atoms with van der Waals surface area (Å²) in [6.45, 7) is 3.60. The van der Waals surface area contributed by atoms with E-state index in [0.717, 1.165) is 24.8 Å². The SMILES string of the molecule is CC(C(=O)NC1CCCCC1(C)C(=O)O)c1ccccc1. The van der Waals surface area contributed by atoms with Gasteiger partial charge >= 0.3 is 5.97 Å². The first-order chi connectivity index (χ1) is 9.95. The third-order valence-electron chi connectivity index (χ3n) is 4.71. The van der Waals surface area contributed by atoms with Crippen molar-refractivity contribution in [3.63, 3.8) is 0 Å². The smallest absolute Gasteiger partial charge is 0.311 e. The van der Waals surface area contributed by atoms with Crippen molar-refractivity contribution in [3.8, 4) is 0 Å². The molecule has 0 spiro atoms. The van der Waals surface area contributed by atoms with E-state index in [0.29, 0.717) is 6.42 Å². The van der Waals surface area contributed by atoms with Gasteiger partial charge in [0.15, 0.2) is 0 Å². The summed E-state index contributed by atoms with van der Waals surface area (Å²) in [6.07, 6.45) is 3.22. The summed E-state index contributed by atoms with van der Waals surface area (Å²) in [6, 6.07) is 9.27. The number of amides is 1. The van der Waals surface area contributed by atoms with Gasteiger partial charge in [0.2, 0.25) is 5.91 Å². The lowest BCUT2D eigenvalue weighted by Gasteiger charge is -2.38. The maximum absolute atomic E-state index is 12.4. The van der Waals surface area contributed by atoms with E-state index in [1.54, 1.807) is 6.92 Å². The van der Waals surface area contributed by atoms with E-state index in [1.807, 2.05) is 37.3 Å². The minimum Gasteiger partial charge on any atom is -0.481 e. The Kier molecular flexibility index (Phi) is 4.66. The van der Waals surface area contributed by atoms with E-state index in [1.165, 1.54) is 0 Å². The number of hydrogen-bond acceptors (Lipinski definition) is 2. The molecule has 0 saturated heterocycles. The van der Waals surface area contributed by atoms with Crippen LogP contribution < -0.4 is 5.32 Å². The summed E-state index contributed by atoms with van der Waals surface area (Å²) in [5, 5.41) is 12.5. The van der Waals surface area contributed by atoms with Crippen LogP contribution in [0.1, 0.15) is 51.0 Å². The van der Waals surface area contributed by atoms with Gasteiger partial charge in [0.1, 0.15) is 0 Å². The van der Waals surface area contributed by atoms with Gasteiger partial charge in [-0.05, 0) is 32.3 Å². The molecule has 0 aromatic heterocycles. The van der Waals surface area contributed by atoms with Crippen molar-refractivity contribution in [2.24, 2.45) is 5.41 Å². The van der Waals surface area contributed by atoms with Crippen molar-refractivity contribution < 1.29 is 14.7 Å². The molecule has 1 aliphatic rings. The van der Waals surface area contributed by atoms with E-state index in [2.05, 4.69) is 5.32 Å². The maximum Gasteiger partial charge on any atom is 0.311 e. The van der Waals surface area contributed by atoms with Gasteiger partial charge in [0.25, 0.3) is 0 Å². The van der Waals surface area contributed by atoms with Crippen molar-refractivity contribution in [1.82, 2.24) is 5.32 Å². The summed E-state index contributed by atoms with van der Waals surface area (Å²) in [5.74, 6) is -1.19. The molecule has 0 bridgehead atoms. The van der Waals surface area contributed by atoms with Crippen LogP contribution in [0.25, 0.3) is 0 Å². The zero-order chi connectivity index (χ0) is 15.5. The Morgan fingerprint density at radius 1 is 1.29 bits per heavy atom. The molecular formula is C17H23NO3. The van der Waals surface area contributed by atoms with Crippen molar-refractivity contribution in [2.75, 3.05) is 0 Å². The van der Waals surface area contributed by atoms with Gasteiger partial charge in [-0.2, -0.15) is 0 Å². The molecule has 0 aliphatic heterocycles. The minimum absolute atomic E-state index is 0.0967. The molecule has 3 atom stereocenters. The number of hydrogen-bond donors (Lipinski definition) is 2. The monoisotopic (exact) mass is 289 g/mol. The Morgan fingerprint density at radius 2 is 1.95 bits per heavy atom. The van der Waals surface area contributed by atoms with Crippen LogP contribution in [0.2, 0.25) is 0 Å². The molecule has 4 nitrogen and oxygen atoms in total. The fourth-order valence-corrected chi connectivity index (χ4v) is 3.01. The molecule has 1 aliphatic carbocycles. The molecule has 3 unspecified atom stereocenters. The Morgan fingerprint density at radius 3 is 2.57 bits per heavy atom. The summed E-state index contributed by atoms with van der Waals surface area (Å²) >= 11 is 0. The highest BCUT2D eigenvalue weighted by atomic mass is 16.4. The first kappa shape index (κ1) is 15.5. The molecule has 114 valence electrons. The summed E-state index contributed by atoms with van der Waals surface area (Å²) in [7, 11) is 0. The summed E-state index contributed by atoms with van der Waals surface area (Å²) in [5.41, 5.74) is 0.0902. The van der Waals surface area contributed by atoms with Crippen molar-refractivity contribution in [2.45, 2.75) is 51.5 Å². The van der Waals surface area contributed by atoms with Crippen LogP contribution in [0.4, 0.5) is 0 Å². The quantitative estimate of drug-likeness (QED) is 0.895. The summed E-state index contributed by atoms with van der Waals surface area (Å²) in [4.78, 5) is 24.0. The Hall–Kier alpha value is -1.84. The standard InChI is InChI=1S/C17H23NO3/c1-12(13-8-4-3-5-9-13)15(19)18-14-10-6-7-11-17(14,2)16(20)21/h3-5,8-9,12,14H,6-7,10-11H2,1-2H3,(H,18,19)(H,20,21). The topological polar surface area (TPSA) is 66.4 Å². The fourth-order valence-electron chi connectivity index (χ4n) is 3.01. The average molecular weight is 289 g/mol. The van der Waals surface area contributed by atoms with Crippen LogP contribution in [-0.2, 0) is 9.59 Å². The van der Waals surface area contributed by atoms with Gasteiger partial charge in [-0.3, -0.25) is 9.59 Å². The van der Waals surface area contributed by atoms with Gasteiger partial charge in [-0.1, -0.05) is 43.2 Å². The van der Waals surface area contributed by atoms with Crippen LogP contribution in [0.5, 0.6) is 0 Å². The van der Waals surface area contributed by atoms with E-state index in [4.69, 9.17) is 0 Å². The molecule has 1 aromatic carbocycles. The first-order valence-electron chi connectivity index (χ1n) is 7.54. The first-order valence-corrected chi connectivity index (χ1v) is 7.54. The largest absolute Gasteiger partial charge is 0.481 e. The molecule has 1 aromatic rings. The number of carboxylic acid groups (broad SMARTS) is 1. The highest BCUT2D eigenvalue weighted by Gasteiger charge is 2.44.